The van der Waals surface area contributed by atoms with E-state index < -0.39 is 0 Å². The maximum atomic E-state index is 6.11. The zero-order valence-electron chi connectivity index (χ0n) is 10.2. The van der Waals surface area contributed by atoms with Crippen molar-refractivity contribution in [3.8, 4) is 0 Å². The van der Waals surface area contributed by atoms with E-state index in [1.165, 1.54) is 31.4 Å². The first-order valence-corrected chi connectivity index (χ1v) is 7.18. The highest BCUT2D eigenvalue weighted by atomic mass is 32.1. The molecule has 3 heteroatoms. The number of thiophene rings is 1. The quantitative estimate of drug-likeness (QED) is 0.877. The van der Waals surface area contributed by atoms with Crippen molar-refractivity contribution in [3.63, 3.8) is 0 Å². The van der Waals surface area contributed by atoms with E-state index in [4.69, 9.17) is 5.73 Å². The Morgan fingerprint density at radius 2 is 2.25 bits per heavy atom. The number of likely N-dealkylation sites (tertiary alicyclic amines) is 1. The molecule has 1 aromatic rings. The SMILES string of the molecule is CC(N)C1CCCCN1C(C)c1ccsc1. The van der Waals surface area contributed by atoms with Crippen LogP contribution in [0, 0.1) is 0 Å². The molecular weight excluding hydrogens is 216 g/mol. The summed E-state index contributed by atoms with van der Waals surface area (Å²) in [4.78, 5) is 2.59. The summed E-state index contributed by atoms with van der Waals surface area (Å²) in [5, 5.41) is 4.42. The molecule has 0 aromatic carbocycles. The molecule has 2 N–H and O–H groups in total. The molecule has 3 unspecified atom stereocenters. The lowest BCUT2D eigenvalue weighted by Gasteiger charge is -2.41. The molecule has 1 fully saturated rings. The molecule has 0 spiro atoms. The number of rotatable bonds is 3. The number of nitrogens with two attached hydrogens (primary N) is 1. The first-order valence-electron chi connectivity index (χ1n) is 6.23. The Labute approximate surface area is 102 Å². The van der Waals surface area contributed by atoms with Gasteiger partial charge in [-0.3, -0.25) is 4.90 Å². The van der Waals surface area contributed by atoms with E-state index in [9.17, 15) is 0 Å². The highest BCUT2D eigenvalue weighted by molar-refractivity contribution is 7.07. The minimum Gasteiger partial charge on any atom is -0.327 e. The number of hydrogen-bond donors (Lipinski definition) is 1. The fourth-order valence-electron chi connectivity index (χ4n) is 2.73. The molecule has 2 rings (SSSR count). The molecule has 3 atom stereocenters. The average Bonchev–Trinajstić information content (AvgIpc) is 2.81. The maximum absolute atomic E-state index is 6.11. The summed E-state index contributed by atoms with van der Waals surface area (Å²) >= 11 is 1.78. The van der Waals surface area contributed by atoms with Gasteiger partial charge in [0.2, 0.25) is 0 Å². The predicted octanol–water partition coefficient (Wildman–Crippen LogP) is 3.01. The van der Waals surface area contributed by atoms with E-state index in [0.29, 0.717) is 12.1 Å². The van der Waals surface area contributed by atoms with Crippen LogP contribution in [0.3, 0.4) is 0 Å². The van der Waals surface area contributed by atoms with Gasteiger partial charge in [0, 0.05) is 18.1 Å². The molecule has 1 aliphatic rings. The number of nitrogens with zero attached hydrogens (tertiary/aromatic N) is 1. The van der Waals surface area contributed by atoms with Crippen molar-refractivity contribution < 1.29 is 0 Å². The zero-order valence-corrected chi connectivity index (χ0v) is 11.0. The van der Waals surface area contributed by atoms with E-state index >= 15 is 0 Å². The highest BCUT2D eigenvalue weighted by Gasteiger charge is 2.29. The first kappa shape index (κ1) is 12.1. The summed E-state index contributed by atoms with van der Waals surface area (Å²) in [5.74, 6) is 0. The summed E-state index contributed by atoms with van der Waals surface area (Å²) in [7, 11) is 0. The van der Waals surface area contributed by atoms with Crippen molar-refractivity contribution in [2.75, 3.05) is 6.54 Å². The zero-order chi connectivity index (χ0) is 11.5. The van der Waals surface area contributed by atoms with Crippen LogP contribution in [0.2, 0.25) is 0 Å². The minimum atomic E-state index is 0.279. The van der Waals surface area contributed by atoms with Crippen LogP contribution in [-0.2, 0) is 0 Å². The third-order valence-electron chi connectivity index (χ3n) is 3.72. The normalized spacial score (nSPS) is 26.6. The van der Waals surface area contributed by atoms with Crippen LogP contribution in [0.25, 0.3) is 0 Å². The van der Waals surface area contributed by atoms with Gasteiger partial charge in [-0.1, -0.05) is 6.42 Å². The second-order valence-corrected chi connectivity index (χ2v) is 5.67. The van der Waals surface area contributed by atoms with E-state index in [2.05, 4.69) is 35.6 Å². The van der Waals surface area contributed by atoms with Crippen molar-refractivity contribution in [1.82, 2.24) is 4.90 Å². The molecule has 1 aliphatic heterocycles. The van der Waals surface area contributed by atoms with Gasteiger partial charge < -0.3 is 5.73 Å². The van der Waals surface area contributed by atoms with Gasteiger partial charge in [0.25, 0.3) is 0 Å². The van der Waals surface area contributed by atoms with Crippen LogP contribution in [0.15, 0.2) is 16.8 Å². The molecule has 1 saturated heterocycles. The lowest BCUT2D eigenvalue weighted by Crippen LogP contribution is -2.49. The molecule has 0 radical (unpaired) electrons. The summed E-state index contributed by atoms with van der Waals surface area (Å²) in [5.41, 5.74) is 7.55. The largest absolute Gasteiger partial charge is 0.327 e. The average molecular weight is 238 g/mol. The van der Waals surface area contributed by atoms with Crippen LogP contribution in [0.4, 0.5) is 0 Å². The molecule has 2 heterocycles. The third-order valence-corrected chi connectivity index (χ3v) is 4.42. The van der Waals surface area contributed by atoms with Crippen LogP contribution < -0.4 is 5.73 Å². The Hall–Kier alpha value is -0.380. The van der Waals surface area contributed by atoms with Crippen molar-refractivity contribution in [1.29, 1.82) is 0 Å². The molecular formula is C13H22N2S. The van der Waals surface area contributed by atoms with Gasteiger partial charge in [0.1, 0.15) is 0 Å². The van der Waals surface area contributed by atoms with Gasteiger partial charge in [-0.25, -0.2) is 0 Å². The van der Waals surface area contributed by atoms with Crippen LogP contribution in [0.1, 0.15) is 44.7 Å². The Bertz CT molecular complexity index is 308. The monoisotopic (exact) mass is 238 g/mol. The molecule has 0 bridgehead atoms. The van der Waals surface area contributed by atoms with Crippen molar-refractivity contribution >= 4 is 11.3 Å². The third kappa shape index (κ3) is 2.47. The minimum absolute atomic E-state index is 0.279. The molecule has 90 valence electrons. The summed E-state index contributed by atoms with van der Waals surface area (Å²) in [6, 6.07) is 3.59. The lowest BCUT2D eigenvalue weighted by atomic mass is 9.94. The van der Waals surface area contributed by atoms with Gasteiger partial charge in [0.15, 0.2) is 0 Å². The van der Waals surface area contributed by atoms with Gasteiger partial charge >= 0.3 is 0 Å². The smallest absolute Gasteiger partial charge is 0.0331 e. The fraction of sp³-hybridized carbons (Fsp3) is 0.692. The van der Waals surface area contributed by atoms with Crippen LogP contribution in [0.5, 0.6) is 0 Å². The highest BCUT2D eigenvalue weighted by Crippen LogP contribution is 2.30. The summed E-state index contributed by atoms with van der Waals surface area (Å²) < 4.78 is 0. The summed E-state index contributed by atoms with van der Waals surface area (Å²) in [6.07, 6.45) is 3.91. The van der Waals surface area contributed by atoms with E-state index in [1.54, 1.807) is 11.3 Å². The van der Waals surface area contributed by atoms with E-state index in [1.807, 2.05) is 0 Å². The van der Waals surface area contributed by atoms with Gasteiger partial charge in [-0.05, 0) is 55.6 Å². The first-order chi connectivity index (χ1) is 7.70. The van der Waals surface area contributed by atoms with E-state index in [-0.39, 0.29) is 6.04 Å². The molecule has 1 aromatic heterocycles. The van der Waals surface area contributed by atoms with Crippen molar-refractivity contribution in [3.05, 3.63) is 22.4 Å². The van der Waals surface area contributed by atoms with Crippen LogP contribution in [-0.4, -0.2) is 23.5 Å². The molecule has 0 saturated carbocycles. The predicted molar refractivity (Wildman–Crippen MR) is 70.7 cm³/mol. The Morgan fingerprint density at radius 1 is 1.44 bits per heavy atom. The van der Waals surface area contributed by atoms with Crippen molar-refractivity contribution in [2.24, 2.45) is 5.73 Å². The topological polar surface area (TPSA) is 29.3 Å². The Morgan fingerprint density at radius 3 is 2.88 bits per heavy atom. The lowest BCUT2D eigenvalue weighted by molar-refractivity contribution is 0.0892. The summed E-state index contributed by atoms with van der Waals surface area (Å²) in [6.45, 7) is 5.65. The maximum Gasteiger partial charge on any atom is 0.0331 e. The second-order valence-electron chi connectivity index (χ2n) is 4.89. The number of hydrogen-bond acceptors (Lipinski definition) is 3. The van der Waals surface area contributed by atoms with Crippen molar-refractivity contribution in [2.45, 2.75) is 51.2 Å². The van der Waals surface area contributed by atoms with Gasteiger partial charge in [-0.2, -0.15) is 11.3 Å². The standard InChI is InChI=1S/C13H22N2S/c1-10(14)13-5-3-4-7-15(13)11(2)12-6-8-16-9-12/h6,8-11,13H,3-5,7,14H2,1-2H3. The molecule has 0 amide bonds. The Balaban J connectivity index is 2.11. The fourth-order valence-corrected chi connectivity index (χ4v) is 3.48. The molecule has 2 nitrogen and oxygen atoms in total. The van der Waals surface area contributed by atoms with Gasteiger partial charge in [0.05, 0.1) is 0 Å². The van der Waals surface area contributed by atoms with E-state index in [0.717, 1.165) is 0 Å². The van der Waals surface area contributed by atoms with Gasteiger partial charge in [-0.15, -0.1) is 0 Å². The second kappa shape index (κ2) is 5.30. The van der Waals surface area contributed by atoms with Crippen LogP contribution >= 0.6 is 11.3 Å². The number of piperidine rings is 1. The Kier molecular flexibility index (Phi) is 4.00. The molecule has 0 aliphatic carbocycles. The molecule has 16 heavy (non-hydrogen) atoms.